The maximum absolute atomic E-state index is 13.2. The molecule has 2 amide bonds. The summed E-state index contributed by atoms with van der Waals surface area (Å²) in [6, 6.07) is 9.70. The molecule has 36 heavy (non-hydrogen) atoms. The Bertz CT molecular complexity index is 1190. The lowest BCUT2D eigenvalue weighted by Crippen LogP contribution is -2.49. The second kappa shape index (κ2) is 11.1. The number of hydrazine groups is 1. The van der Waals surface area contributed by atoms with Gasteiger partial charge in [0.1, 0.15) is 11.7 Å². The lowest BCUT2D eigenvalue weighted by molar-refractivity contribution is -0.145. The van der Waals surface area contributed by atoms with Crippen molar-refractivity contribution in [3.8, 4) is 5.75 Å². The number of urea groups is 1. The molecular formula is C25H25N3O8. The second-order valence-electron chi connectivity index (χ2n) is 8.04. The highest BCUT2D eigenvalue weighted by Gasteiger charge is 2.45. The van der Waals surface area contributed by atoms with E-state index in [9.17, 15) is 24.0 Å². The number of amides is 2. The minimum atomic E-state index is -1.54. The number of ketones is 3. The lowest BCUT2D eigenvalue weighted by atomic mass is 9.93. The van der Waals surface area contributed by atoms with E-state index in [4.69, 9.17) is 14.2 Å². The summed E-state index contributed by atoms with van der Waals surface area (Å²) in [5, 5.41) is 4.29. The highest BCUT2D eigenvalue weighted by molar-refractivity contribution is 6.39. The monoisotopic (exact) mass is 495 g/mol. The third-order valence-corrected chi connectivity index (χ3v) is 5.68. The molecule has 1 aliphatic carbocycles. The zero-order valence-corrected chi connectivity index (χ0v) is 19.6. The maximum Gasteiger partial charge on any atom is 0.344 e. The molecule has 2 aliphatic rings. The Kier molecular flexibility index (Phi) is 7.71. The Morgan fingerprint density at radius 3 is 2.44 bits per heavy atom. The van der Waals surface area contributed by atoms with Crippen LogP contribution < -0.4 is 15.5 Å². The van der Waals surface area contributed by atoms with Crippen LogP contribution in [-0.2, 0) is 14.3 Å². The van der Waals surface area contributed by atoms with Crippen LogP contribution in [0.15, 0.2) is 42.5 Å². The van der Waals surface area contributed by atoms with Crippen molar-refractivity contribution in [1.82, 2.24) is 10.4 Å². The molecule has 2 aromatic rings. The highest BCUT2D eigenvalue weighted by Crippen LogP contribution is 2.34. The first-order valence-corrected chi connectivity index (χ1v) is 11.4. The molecule has 2 aromatic carbocycles. The van der Waals surface area contributed by atoms with Crippen molar-refractivity contribution in [2.75, 3.05) is 44.8 Å². The first-order valence-electron chi connectivity index (χ1n) is 11.4. The Balaban J connectivity index is 1.45. The molecule has 0 saturated carbocycles. The molecule has 1 aliphatic heterocycles. The largest absolute Gasteiger partial charge is 0.482 e. The predicted molar refractivity (Wildman–Crippen MR) is 126 cm³/mol. The van der Waals surface area contributed by atoms with Gasteiger partial charge in [-0.15, -0.1) is 0 Å². The van der Waals surface area contributed by atoms with Gasteiger partial charge < -0.3 is 19.5 Å². The van der Waals surface area contributed by atoms with Crippen molar-refractivity contribution in [3.05, 3.63) is 59.2 Å². The van der Waals surface area contributed by atoms with E-state index in [0.717, 1.165) is 0 Å². The van der Waals surface area contributed by atoms with Gasteiger partial charge in [0, 0.05) is 24.2 Å². The molecule has 0 radical (unpaired) electrons. The van der Waals surface area contributed by atoms with Crippen LogP contribution in [0.1, 0.15) is 38.0 Å². The van der Waals surface area contributed by atoms with E-state index < -0.39 is 35.3 Å². The van der Waals surface area contributed by atoms with Crippen LogP contribution in [-0.4, -0.2) is 73.9 Å². The van der Waals surface area contributed by atoms with E-state index in [1.165, 1.54) is 42.5 Å². The van der Waals surface area contributed by atoms with Gasteiger partial charge in [-0.1, -0.05) is 12.1 Å². The normalized spacial score (nSPS) is 17.3. The van der Waals surface area contributed by atoms with Crippen molar-refractivity contribution in [3.63, 3.8) is 0 Å². The Hall–Kier alpha value is -4.09. The van der Waals surface area contributed by atoms with Gasteiger partial charge in [-0.3, -0.25) is 19.8 Å². The number of hydrogen-bond acceptors (Lipinski definition) is 9. The summed E-state index contributed by atoms with van der Waals surface area (Å²) in [4.78, 5) is 63.2. The van der Waals surface area contributed by atoms with Crippen LogP contribution in [0.2, 0.25) is 0 Å². The molecule has 11 nitrogen and oxygen atoms in total. The van der Waals surface area contributed by atoms with Gasteiger partial charge in [0.2, 0.25) is 0 Å². The smallest absolute Gasteiger partial charge is 0.344 e. The molecule has 4 rings (SSSR count). The Morgan fingerprint density at radius 2 is 1.75 bits per heavy atom. The third-order valence-electron chi connectivity index (χ3n) is 5.68. The van der Waals surface area contributed by atoms with Crippen LogP contribution >= 0.6 is 0 Å². The molecule has 0 spiro atoms. The van der Waals surface area contributed by atoms with Gasteiger partial charge in [-0.2, -0.15) is 0 Å². The van der Waals surface area contributed by atoms with E-state index in [-0.39, 0.29) is 35.6 Å². The summed E-state index contributed by atoms with van der Waals surface area (Å²) in [7, 11) is 0. The average molecular weight is 495 g/mol. The van der Waals surface area contributed by atoms with Gasteiger partial charge in [0.25, 0.3) is 0 Å². The number of anilines is 1. The fourth-order valence-corrected chi connectivity index (χ4v) is 3.98. The summed E-state index contributed by atoms with van der Waals surface area (Å²) in [5.74, 6) is -3.71. The SMILES string of the molecule is CCOC(=O)COc1ccc(C(=O)C2C(=O)c3cccc(NC(=O)NN4CCOCC4)c3C2=O)cc1. The Morgan fingerprint density at radius 1 is 1.03 bits per heavy atom. The first-order chi connectivity index (χ1) is 17.4. The number of fused-ring (bicyclic) bond motifs is 1. The van der Waals surface area contributed by atoms with Gasteiger partial charge in [-0.05, 0) is 37.3 Å². The summed E-state index contributed by atoms with van der Waals surface area (Å²) in [5.41, 5.74) is 3.04. The summed E-state index contributed by atoms with van der Waals surface area (Å²) >= 11 is 0. The standard InChI is InChI=1S/C25H25N3O8/c1-2-35-19(29)14-36-16-8-6-15(7-9-16)22(30)21-23(31)17-4-3-5-18(20(17)24(21)32)26-25(33)27-28-10-12-34-13-11-28/h3-9,21H,2,10-14H2,1H3,(H2,26,27,33). The Labute approximate surface area is 206 Å². The summed E-state index contributed by atoms with van der Waals surface area (Å²) < 4.78 is 15.3. The fraction of sp³-hybridized carbons (Fsp3) is 0.320. The van der Waals surface area contributed by atoms with E-state index in [2.05, 4.69) is 10.7 Å². The number of ether oxygens (including phenoxy) is 3. The number of Topliss-reactive ketones (excluding diaryl/α,β-unsaturated/α-hetero) is 3. The number of morpholine rings is 1. The molecule has 1 saturated heterocycles. The molecule has 1 atom stereocenters. The summed E-state index contributed by atoms with van der Waals surface area (Å²) in [6.07, 6.45) is 0. The number of carbonyl (C=O) groups is 5. The van der Waals surface area contributed by atoms with Crippen LogP contribution in [0.5, 0.6) is 5.75 Å². The van der Waals surface area contributed by atoms with Gasteiger partial charge in [0.15, 0.2) is 24.0 Å². The molecule has 1 unspecified atom stereocenters. The first kappa shape index (κ1) is 25.0. The van der Waals surface area contributed by atoms with Gasteiger partial charge in [0.05, 0.1) is 31.1 Å². The molecule has 2 N–H and O–H groups in total. The molecule has 1 heterocycles. The van der Waals surface area contributed by atoms with Crippen molar-refractivity contribution >= 4 is 35.0 Å². The molecule has 188 valence electrons. The predicted octanol–water partition coefficient (Wildman–Crippen LogP) is 1.88. The molecule has 11 heteroatoms. The minimum Gasteiger partial charge on any atom is -0.482 e. The fourth-order valence-electron chi connectivity index (χ4n) is 3.98. The zero-order valence-electron chi connectivity index (χ0n) is 19.6. The van der Waals surface area contributed by atoms with Crippen LogP contribution in [0.3, 0.4) is 0 Å². The second-order valence-corrected chi connectivity index (χ2v) is 8.04. The molecule has 0 aromatic heterocycles. The number of benzene rings is 2. The molecule has 1 fully saturated rings. The van der Waals surface area contributed by atoms with Crippen molar-refractivity contribution in [2.45, 2.75) is 6.92 Å². The number of nitrogens with zero attached hydrogens (tertiary/aromatic N) is 1. The summed E-state index contributed by atoms with van der Waals surface area (Å²) in [6.45, 7) is 3.62. The minimum absolute atomic E-state index is 0.00682. The van der Waals surface area contributed by atoms with Crippen molar-refractivity contribution in [1.29, 1.82) is 0 Å². The van der Waals surface area contributed by atoms with Crippen molar-refractivity contribution < 1.29 is 38.2 Å². The zero-order chi connectivity index (χ0) is 25.7. The van der Waals surface area contributed by atoms with E-state index in [1.807, 2.05) is 0 Å². The van der Waals surface area contributed by atoms with E-state index >= 15 is 0 Å². The number of esters is 1. The number of hydrogen-bond donors (Lipinski definition) is 2. The highest BCUT2D eigenvalue weighted by atomic mass is 16.6. The van der Waals surface area contributed by atoms with Gasteiger partial charge >= 0.3 is 12.0 Å². The van der Waals surface area contributed by atoms with Crippen LogP contribution in [0.4, 0.5) is 10.5 Å². The topological polar surface area (TPSA) is 140 Å². The number of rotatable bonds is 8. The van der Waals surface area contributed by atoms with Crippen molar-refractivity contribution in [2.24, 2.45) is 5.92 Å². The van der Waals surface area contributed by atoms with E-state index in [1.54, 1.807) is 11.9 Å². The van der Waals surface area contributed by atoms with Gasteiger partial charge in [-0.25, -0.2) is 14.6 Å². The molecule has 0 bridgehead atoms. The number of carbonyl (C=O) groups excluding carboxylic acids is 5. The number of nitrogens with one attached hydrogen (secondary N) is 2. The maximum atomic E-state index is 13.2. The molecular weight excluding hydrogens is 470 g/mol. The lowest BCUT2D eigenvalue weighted by Gasteiger charge is -2.27. The third kappa shape index (κ3) is 5.42. The average Bonchev–Trinajstić information content (AvgIpc) is 3.14. The van der Waals surface area contributed by atoms with Crippen LogP contribution in [0.25, 0.3) is 0 Å². The van der Waals surface area contributed by atoms with E-state index in [0.29, 0.717) is 32.1 Å². The quantitative estimate of drug-likeness (QED) is 0.319. The van der Waals surface area contributed by atoms with Crippen LogP contribution in [0, 0.1) is 5.92 Å².